The molecule has 4 nitrogen and oxygen atoms in total. The summed E-state index contributed by atoms with van der Waals surface area (Å²) in [4.78, 5) is 26.0. The van der Waals surface area contributed by atoms with Crippen molar-refractivity contribution in [2.45, 2.75) is 13.8 Å². The molecule has 0 saturated carbocycles. The zero-order chi connectivity index (χ0) is 18.1. The summed E-state index contributed by atoms with van der Waals surface area (Å²) in [5.41, 5.74) is 0.341. The molecular formula is C17H13Cl2NO3S2. The summed E-state index contributed by atoms with van der Waals surface area (Å²) in [6.45, 7) is 3.85. The highest BCUT2D eigenvalue weighted by molar-refractivity contribution is 7.22. The minimum absolute atomic E-state index is 0.266. The monoisotopic (exact) mass is 413 g/mol. The number of thiophene rings is 2. The van der Waals surface area contributed by atoms with Crippen LogP contribution in [-0.2, 0) is 4.74 Å². The molecule has 0 radical (unpaired) electrons. The predicted molar refractivity (Wildman–Crippen MR) is 105 cm³/mol. The Labute approximate surface area is 162 Å². The van der Waals surface area contributed by atoms with Gasteiger partial charge in [0.25, 0.3) is 5.91 Å². The molecule has 1 N–H and O–H groups in total. The molecule has 1 amide bonds. The lowest BCUT2D eigenvalue weighted by Crippen LogP contribution is -2.13. The average molecular weight is 414 g/mol. The van der Waals surface area contributed by atoms with Gasteiger partial charge in [-0.1, -0.05) is 29.3 Å². The Bertz CT molecular complexity index is 978. The third kappa shape index (κ3) is 3.53. The normalized spacial score (nSPS) is 10.9. The molecule has 8 heteroatoms. The minimum Gasteiger partial charge on any atom is -0.462 e. The van der Waals surface area contributed by atoms with Crippen LogP contribution in [-0.4, -0.2) is 18.5 Å². The first-order valence-electron chi connectivity index (χ1n) is 7.37. The van der Waals surface area contributed by atoms with Gasteiger partial charge < -0.3 is 10.1 Å². The summed E-state index contributed by atoms with van der Waals surface area (Å²) < 4.78 is 5.86. The molecule has 0 saturated heterocycles. The van der Waals surface area contributed by atoms with Crippen molar-refractivity contribution in [1.82, 2.24) is 0 Å². The van der Waals surface area contributed by atoms with Crippen LogP contribution >= 0.6 is 45.9 Å². The van der Waals surface area contributed by atoms with Crippen LogP contribution in [0.2, 0.25) is 10.0 Å². The Morgan fingerprint density at radius 1 is 1.24 bits per heavy atom. The van der Waals surface area contributed by atoms with E-state index in [0.717, 1.165) is 9.58 Å². The van der Waals surface area contributed by atoms with Gasteiger partial charge >= 0.3 is 5.97 Å². The first kappa shape index (κ1) is 18.2. The Hall–Kier alpha value is -1.60. The van der Waals surface area contributed by atoms with Gasteiger partial charge in [0.2, 0.25) is 0 Å². The summed E-state index contributed by atoms with van der Waals surface area (Å²) >= 11 is 15.1. The zero-order valence-electron chi connectivity index (χ0n) is 13.3. The van der Waals surface area contributed by atoms with E-state index in [2.05, 4.69) is 5.32 Å². The van der Waals surface area contributed by atoms with Gasteiger partial charge in [0.05, 0.1) is 22.2 Å². The van der Waals surface area contributed by atoms with Crippen LogP contribution in [0.5, 0.6) is 0 Å². The number of rotatable bonds is 4. The summed E-state index contributed by atoms with van der Waals surface area (Å²) in [5, 5.41) is 4.69. The molecule has 2 aromatic heterocycles. The quantitative estimate of drug-likeness (QED) is 0.532. The van der Waals surface area contributed by atoms with Gasteiger partial charge in [0.15, 0.2) is 0 Å². The van der Waals surface area contributed by atoms with E-state index >= 15 is 0 Å². The standard InChI is InChI=1S/C17H13Cl2NO3S2/c1-3-23-17(22)9-7-8(2)24-16(9)20-15(21)14-13(19)12-10(18)5-4-6-11(12)25-14/h4-7H,3H2,1-2H3,(H,20,21). The highest BCUT2D eigenvalue weighted by Gasteiger charge is 2.22. The van der Waals surface area contributed by atoms with E-state index in [9.17, 15) is 9.59 Å². The van der Waals surface area contributed by atoms with Crippen molar-refractivity contribution in [3.8, 4) is 0 Å². The Morgan fingerprint density at radius 3 is 2.68 bits per heavy atom. The molecule has 0 aliphatic heterocycles. The lowest BCUT2D eigenvalue weighted by molar-refractivity contribution is 0.0528. The van der Waals surface area contributed by atoms with E-state index in [1.807, 2.05) is 13.0 Å². The topological polar surface area (TPSA) is 55.4 Å². The minimum atomic E-state index is -0.465. The molecule has 130 valence electrons. The molecule has 0 bridgehead atoms. The lowest BCUT2D eigenvalue weighted by Gasteiger charge is -2.05. The molecule has 0 unspecified atom stereocenters. The number of amides is 1. The molecular weight excluding hydrogens is 401 g/mol. The molecule has 0 aliphatic rings. The smallest absolute Gasteiger partial charge is 0.341 e. The number of benzene rings is 1. The number of anilines is 1. The largest absolute Gasteiger partial charge is 0.462 e. The number of esters is 1. The molecule has 0 atom stereocenters. The highest BCUT2D eigenvalue weighted by Crippen LogP contribution is 2.40. The second kappa shape index (κ2) is 7.33. The third-order valence-electron chi connectivity index (χ3n) is 3.39. The third-order valence-corrected chi connectivity index (χ3v) is 6.31. The average Bonchev–Trinajstić information content (AvgIpc) is 3.09. The first-order valence-corrected chi connectivity index (χ1v) is 9.76. The summed E-state index contributed by atoms with van der Waals surface area (Å²) in [6.07, 6.45) is 0. The van der Waals surface area contributed by atoms with E-state index in [1.54, 1.807) is 25.1 Å². The Kier molecular flexibility index (Phi) is 5.34. The molecule has 25 heavy (non-hydrogen) atoms. The fraction of sp³-hybridized carbons (Fsp3) is 0.176. The lowest BCUT2D eigenvalue weighted by atomic mass is 10.2. The molecule has 0 aliphatic carbocycles. The van der Waals surface area contributed by atoms with Crippen molar-refractivity contribution in [2.75, 3.05) is 11.9 Å². The van der Waals surface area contributed by atoms with Crippen LogP contribution in [0, 0.1) is 6.92 Å². The van der Waals surface area contributed by atoms with Crippen molar-refractivity contribution in [3.05, 3.63) is 49.6 Å². The fourth-order valence-electron chi connectivity index (χ4n) is 2.34. The van der Waals surface area contributed by atoms with Crippen molar-refractivity contribution in [1.29, 1.82) is 0 Å². The van der Waals surface area contributed by atoms with Crippen LogP contribution in [0.4, 0.5) is 5.00 Å². The number of hydrogen-bond acceptors (Lipinski definition) is 5. The van der Waals surface area contributed by atoms with E-state index in [4.69, 9.17) is 27.9 Å². The van der Waals surface area contributed by atoms with Gasteiger partial charge in [-0.15, -0.1) is 22.7 Å². The number of carbonyl (C=O) groups is 2. The number of carbonyl (C=O) groups excluding carboxylic acids is 2. The number of halogens is 2. The van der Waals surface area contributed by atoms with E-state index in [-0.39, 0.29) is 12.5 Å². The van der Waals surface area contributed by atoms with Crippen LogP contribution in [0.25, 0.3) is 10.1 Å². The second-order valence-corrected chi connectivity index (χ2v) is 8.23. The highest BCUT2D eigenvalue weighted by atomic mass is 35.5. The van der Waals surface area contributed by atoms with Crippen molar-refractivity contribution < 1.29 is 14.3 Å². The van der Waals surface area contributed by atoms with Gasteiger partial charge in [-0.2, -0.15) is 0 Å². The molecule has 0 fully saturated rings. The maximum atomic E-state index is 12.7. The molecule has 1 aromatic carbocycles. The van der Waals surface area contributed by atoms with Crippen molar-refractivity contribution >= 4 is 72.8 Å². The maximum absolute atomic E-state index is 12.7. The van der Waals surface area contributed by atoms with Gasteiger partial charge in [-0.05, 0) is 32.0 Å². The first-order chi connectivity index (χ1) is 11.9. The predicted octanol–water partition coefficient (Wildman–Crippen LogP) is 6.01. The van der Waals surface area contributed by atoms with Gasteiger partial charge in [0.1, 0.15) is 9.88 Å². The van der Waals surface area contributed by atoms with Crippen molar-refractivity contribution in [3.63, 3.8) is 0 Å². The van der Waals surface area contributed by atoms with Crippen molar-refractivity contribution in [2.24, 2.45) is 0 Å². The second-order valence-electron chi connectivity index (χ2n) is 5.13. The van der Waals surface area contributed by atoms with Crippen LogP contribution < -0.4 is 5.32 Å². The number of fused-ring (bicyclic) bond motifs is 1. The number of nitrogens with one attached hydrogen (secondary N) is 1. The molecule has 2 heterocycles. The summed E-state index contributed by atoms with van der Waals surface area (Å²) in [7, 11) is 0. The zero-order valence-corrected chi connectivity index (χ0v) is 16.5. The van der Waals surface area contributed by atoms with Crippen LogP contribution in [0.3, 0.4) is 0 Å². The van der Waals surface area contributed by atoms with Gasteiger partial charge in [0, 0.05) is 15.0 Å². The number of ether oxygens (including phenoxy) is 1. The molecule has 3 rings (SSSR count). The van der Waals surface area contributed by atoms with Gasteiger partial charge in [-0.25, -0.2) is 4.79 Å². The number of aryl methyl sites for hydroxylation is 1. The fourth-order valence-corrected chi connectivity index (χ4v) is 5.09. The van der Waals surface area contributed by atoms with E-state index in [0.29, 0.717) is 30.9 Å². The number of hydrogen-bond donors (Lipinski definition) is 1. The Balaban J connectivity index is 1.95. The Morgan fingerprint density at radius 2 is 2.00 bits per heavy atom. The van der Waals surface area contributed by atoms with E-state index in [1.165, 1.54) is 22.7 Å². The van der Waals surface area contributed by atoms with Crippen LogP contribution in [0.15, 0.2) is 24.3 Å². The maximum Gasteiger partial charge on any atom is 0.341 e. The SMILES string of the molecule is CCOC(=O)c1cc(C)sc1NC(=O)c1sc2cccc(Cl)c2c1Cl. The van der Waals surface area contributed by atoms with E-state index < -0.39 is 5.97 Å². The van der Waals surface area contributed by atoms with Crippen LogP contribution in [0.1, 0.15) is 31.8 Å². The molecule has 0 spiro atoms. The summed E-state index contributed by atoms with van der Waals surface area (Å²) in [6, 6.07) is 7.09. The summed E-state index contributed by atoms with van der Waals surface area (Å²) in [5.74, 6) is -0.845. The van der Waals surface area contributed by atoms with Gasteiger partial charge in [-0.3, -0.25) is 4.79 Å². The molecule has 3 aromatic rings.